The number of fused-ring (bicyclic) bond motifs is 1. The number of nitrogens with zero attached hydrogens (tertiary/aromatic N) is 3. The van der Waals surface area contributed by atoms with E-state index >= 15 is 0 Å². The second-order valence-electron chi connectivity index (χ2n) is 8.82. The first-order chi connectivity index (χ1) is 13.7. The summed E-state index contributed by atoms with van der Waals surface area (Å²) in [5, 5.41) is 3.21. The number of nitrogens with one attached hydrogen (secondary N) is 2. The smallest absolute Gasteiger partial charge is 0.224 e. The largest absolute Gasteiger partial charge is 0.353 e. The zero-order valence-corrected chi connectivity index (χ0v) is 16.6. The van der Waals surface area contributed by atoms with E-state index in [0.29, 0.717) is 18.0 Å². The second kappa shape index (κ2) is 7.84. The minimum Gasteiger partial charge on any atom is -0.353 e. The molecule has 0 bridgehead atoms. The summed E-state index contributed by atoms with van der Waals surface area (Å²) in [4.78, 5) is 25.7. The quantitative estimate of drug-likeness (QED) is 0.835. The van der Waals surface area contributed by atoms with E-state index in [-0.39, 0.29) is 5.92 Å². The number of aromatic nitrogens is 2. The number of hydrogen-bond acceptors (Lipinski definition) is 4. The van der Waals surface area contributed by atoms with Crippen LogP contribution >= 0.6 is 0 Å². The van der Waals surface area contributed by atoms with Gasteiger partial charge >= 0.3 is 0 Å². The number of likely N-dealkylation sites (tertiary alicyclic amines) is 2. The van der Waals surface area contributed by atoms with Gasteiger partial charge in [0.05, 0.1) is 23.5 Å². The minimum atomic E-state index is 0.197. The lowest BCUT2D eigenvalue weighted by Gasteiger charge is -2.41. The Morgan fingerprint density at radius 2 is 1.93 bits per heavy atom. The fraction of sp³-hybridized carbons (Fsp3) is 0.636. The lowest BCUT2D eigenvalue weighted by atomic mass is 9.93. The average molecular weight is 382 g/mol. The lowest BCUT2D eigenvalue weighted by Crippen LogP contribution is -2.50. The highest BCUT2D eigenvalue weighted by molar-refractivity contribution is 5.79. The maximum Gasteiger partial charge on any atom is 0.224 e. The minimum absolute atomic E-state index is 0.197. The van der Waals surface area contributed by atoms with E-state index in [1.165, 1.54) is 25.7 Å². The van der Waals surface area contributed by atoms with Crippen LogP contribution in [0, 0.1) is 5.92 Å². The van der Waals surface area contributed by atoms with Gasteiger partial charge in [-0.25, -0.2) is 4.98 Å². The molecular formula is C22H31N5O. The molecule has 0 spiro atoms. The molecule has 3 heterocycles. The molecule has 150 valence electrons. The van der Waals surface area contributed by atoms with E-state index in [9.17, 15) is 4.79 Å². The van der Waals surface area contributed by atoms with Gasteiger partial charge in [0.15, 0.2) is 0 Å². The molecule has 3 fully saturated rings. The molecule has 2 aliphatic heterocycles. The van der Waals surface area contributed by atoms with Crippen LogP contribution in [0.15, 0.2) is 24.3 Å². The average Bonchev–Trinajstić information content (AvgIpc) is 3.45. The third-order valence-corrected chi connectivity index (χ3v) is 6.63. The molecule has 1 atom stereocenters. The van der Waals surface area contributed by atoms with Gasteiger partial charge in [-0.05, 0) is 57.2 Å². The molecule has 2 saturated heterocycles. The molecule has 6 heteroatoms. The van der Waals surface area contributed by atoms with Gasteiger partial charge in [-0.2, -0.15) is 0 Å². The molecule has 2 aromatic rings. The fourth-order valence-corrected chi connectivity index (χ4v) is 4.83. The number of carbonyl (C=O) groups excluding carboxylic acids is 1. The summed E-state index contributed by atoms with van der Waals surface area (Å²) < 4.78 is 0. The van der Waals surface area contributed by atoms with Gasteiger partial charge in [0.2, 0.25) is 5.91 Å². The van der Waals surface area contributed by atoms with Crippen molar-refractivity contribution in [2.45, 2.75) is 57.2 Å². The van der Waals surface area contributed by atoms with Gasteiger partial charge in [0.25, 0.3) is 0 Å². The maximum absolute atomic E-state index is 12.4. The topological polar surface area (TPSA) is 64.3 Å². The molecule has 5 rings (SSSR count). The molecular weight excluding hydrogens is 350 g/mol. The Bertz CT molecular complexity index is 788. The van der Waals surface area contributed by atoms with Crippen LogP contribution in [0.4, 0.5) is 0 Å². The maximum atomic E-state index is 12.4. The Morgan fingerprint density at radius 1 is 1.11 bits per heavy atom. The number of aromatic amines is 1. The predicted octanol–water partition coefficient (Wildman–Crippen LogP) is 2.52. The van der Waals surface area contributed by atoms with Crippen molar-refractivity contribution in [2.24, 2.45) is 5.92 Å². The molecule has 1 amide bonds. The van der Waals surface area contributed by atoms with Gasteiger partial charge in [-0.1, -0.05) is 12.1 Å². The molecule has 3 aliphatic rings. The van der Waals surface area contributed by atoms with Crippen molar-refractivity contribution in [2.75, 3.05) is 26.2 Å². The standard InChI is InChI=1S/C22H31N5O/c28-22(23-17-7-8-17)16-4-3-11-27(14-16)18-9-12-26(13-10-18)15-21-24-19-5-1-2-6-20(19)25-21/h1-2,5-6,16-18H,3-4,7-15H2,(H,23,28)(H,24,25). The van der Waals surface area contributed by atoms with Gasteiger partial charge in [0.1, 0.15) is 5.82 Å². The Hall–Kier alpha value is -1.92. The molecule has 1 unspecified atom stereocenters. The van der Waals surface area contributed by atoms with Crippen molar-refractivity contribution >= 4 is 16.9 Å². The van der Waals surface area contributed by atoms with Crippen molar-refractivity contribution in [3.63, 3.8) is 0 Å². The van der Waals surface area contributed by atoms with Crippen LogP contribution < -0.4 is 5.32 Å². The highest BCUT2D eigenvalue weighted by atomic mass is 16.2. The highest BCUT2D eigenvalue weighted by Gasteiger charge is 2.33. The number of H-pyrrole nitrogens is 1. The lowest BCUT2D eigenvalue weighted by molar-refractivity contribution is -0.127. The molecule has 1 aliphatic carbocycles. The van der Waals surface area contributed by atoms with Gasteiger partial charge < -0.3 is 10.3 Å². The van der Waals surface area contributed by atoms with Crippen LogP contribution in [0.25, 0.3) is 11.0 Å². The second-order valence-corrected chi connectivity index (χ2v) is 8.82. The number of amides is 1. The molecule has 2 N–H and O–H groups in total. The summed E-state index contributed by atoms with van der Waals surface area (Å²) in [7, 11) is 0. The summed E-state index contributed by atoms with van der Waals surface area (Å²) in [5.41, 5.74) is 2.17. The van der Waals surface area contributed by atoms with Crippen LogP contribution in [-0.2, 0) is 11.3 Å². The fourth-order valence-electron chi connectivity index (χ4n) is 4.83. The predicted molar refractivity (Wildman–Crippen MR) is 110 cm³/mol. The van der Waals surface area contributed by atoms with Crippen LogP contribution in [0.1, 0.15) is 44.3 Å². The number of para-hydroxylation sites is 2. The van der Waals surface area contributed by atoms with Crippen molar-refractivity contribution in [1.82, 2.24) is 25.1 Å². The summed E-state index contributed by atoms with van der Waals surface area (Å²) in [6, 6.07) is 9.34. The number of benzene rings is 1. The monoisotopic (exact) mass is 381 g/mol. The number of piperidine rings is 2. The molecule has 1 saturated carbocycles. The van der Waals surface area contributed by atoms with Gasteiger partial charge in [-0.3, -0.25) is 14.6 Å². The first-order valence-electron chi connectivity index (χ1n) is 10.9. The molecule has 1 aromatic carbocycles. The number of hydrogen-bond donors (Lipinski definition) is 2. The van der Waals surface area contributed by atoms with E-state index in [1.807, 2.05) is 12.1 Å². The number of carbonyl (C=O) groups is 1. The Morgan fingerprint density at radius 3 is 2.71 bits per heavy atom. The third kappa shape index (κ3) is 4.08. The summed E-state index contributed by atoms with van der Waals surface area (Å²) >= 11 is 0. The first-order valence-corrected chi connectivity index (χ1v) is 10.9. The summed E-state index contributed by atoms with van der Waals surface area (Å²) in [5.74, 6) is 1.56. The van der Waals surface area contributed by atoms with E-state index in [0.717, 1.165) is 62.4 Å². The molecule has 1 aromatic heterocycles. The van der Waals surface area contributed by atoms with Crippen molar-refractivity contribution < 1.29 is 4.79 Å². The van der Waals surface area contributed by atoms with Gasteiger partial charge in [-0.15, -0.1) is 0 Å². The van der Waals surface area contributed by atoms with Crippen molar-refractivity contribution in [3.8, 4) is 0 Å². The molecule has 28 heavy (non-hydrogen) atoms. The number of imidazole rings is 1. The van der Waals surface area contributed by atoms with E-state index < -0.39 is 0 Å². The first kappa shape index (κ1) is 18.1. The van der Waals surface area contributed by atoms with E-state index in [1.54, 1.807) is 0 Å². The van der Waals surface area contributed by atoms with Crippen molar-refractivity contribution in [1.29, 1.82) is 0 Å². The third-order valence-electron chi connectivity index (χ3n) is 6.63. The zero-order chi connectivity index (χ0) is 18.9. The van der Waals surface area contributed by atoms with E-state index in [2.05, 4.69) is 32.2 Å². The Kier molecular flexibility index (Phi) is 5.07. The Labute approximate surface area is 166 Å². The highest BCUT2D eigenvalue weighted by Crippen LogP contribution is 2.26. The van der Waals surface area contributed by atoms with Crippen LogP contribution in [0.2, 0.25) is 0 Å². The van der Waals surface area contributed by atoms with Crippen LogP contribution in [-0.4, -0.2) is 63.9 Å². The van der Waals surface area contributed by atoms with Gasteiger partial charge in [0, 0.05) is 31.7 Å². The van der Waals surface area contributed by atoms with Crippen LogP contribution in [0.5, 0.6) is 0 Å². The Balaban J connectivity index is 1.12. The van der Waals surface area contributed by atoms with Crippen LogP contribution in [0.3, 0.4) is 0 Å². The zero-order valence-electron chi connectivity index (χ0n) is 16.6. The normalized spacial score (nSPS) is 25.2. The van der Waals surface area contributed by atoms with Crippen molar-refractivity contribution in [3.05, 3.63) is 30.1 Å². The molecule has 6 nitrogen and oxygen atoms in total. The SMILES string of the molecule is O=C(NC1CC1)C1CCCN(C2CCN(Cc3nc4ccccc4[nH]3)CC2)C1. The molecule has 0 radical (unpaired) electrons. The summed E-state index contributed by atoms with van der Waals surface area (Å²) in [6.45, 7) is 5.22. The number of rotatable bonds is 5. The summed E-state index contributed by atoms with van der Waals surface area (Å²) in [6.07, 6.45) is 6.94. The van der Waals surface area contributed by atoms with E-state index in [4.69, 9.17) is 4.98 Å².